The molecule has 67 heavy (non-hydrogen) atoms. The number of aliphatic hydroxyl groups is 5. The van der Waals surface area contributed by atoms with E-state index in [1.807, 2.05) is 6.08 Å². The van der Waals surface area contributed by atoms with Crippen LogP contribution in [0.4, 0.5) is 0 Å². The van der Waals surface area contributed by atoms with Gasteiger partial charge in [-0.1, -0.05) is 225 Å². The third-order valence-electron chi connectivity index (χ3n) is 13.4. The van der Waals surface area contributed by atoms with Crippen LogP contribution in [0.15, 0.2) is 24.3 Å². The van der Waals surface area contributed by atoms with Gasteiger partial charge in [-0.05, 0) is 51.4 Å². The van der Waals surface area contributed by atoms with Crippen LogP contribution in [0.2, 0.25) is 0 Å². The second-order valence-corrected chi connectivity index (χ2v) is 19.7. The molecule has 0 bridgehead atoms. The smallest absolute Gasteiger partial charge is 0.306 e. The maximum atomic E-state index is 13.3. The van der Waals surface area contributed by atoms with Crippen molar-refractivity contribution >= 4 is 11.9 Å². The Bertz CT molecular complexity index is 1180. The summed E-state index contributed by atoms with van der Waals surface area (Å²) in [5.41, 5.74) is 0. The summed E-state index contributed by atoms with van der Waals surface area (Å²) in [5, 5.41) is 56.6. The number of esters is 1. The lowest BCUT2D eigenvalue weighted by atomic mass is 9.99. The van der Waals surface area contributed by atoms with Gasteiger partial charge >= 0.3 is 5.97 Å². The average Bonchev–Trinajstić information content (AvgIpc) is 3.32. The number of amides is 1. The lowest BCUT2D eigenvalue weighted by Gasteiger charge is -2.41. The molecule has 0 aromatic carbocycles. The van der Waals surface area contributed by atoms with E-state index in [1.165, 1.54) is 154 Å². The predicted octanol–water partition coefficient (Wildman–Crippen LogP) is 12.2. The average molecular weight is 952 g/mol. The van der Waals surface area contributed by atoms with Gasteiger partial charge in [0.2, 0.25) is 5.91 Å². The minimum absolute atomic E-state index is 0.127. The maximum Gasteiger partial charge on any atom is 0.306 e. The first-order valence-electron chi connectivity index (χ1n) is 28.1. The van der Waals surface area contributed by atoms with Crippen molar-refractivity contribution in [2.45, 2.75) is 307 Å². The SMILES string of the molecule is CCCCCCCC/C=C\CCCCC(O)C(=O)NC(COC1OC(CO)C(O)C(O)C1OC(=O)CCCCCCCCCCCCCCCCC)C(O)/C=C/CCCCCCCCCCC. The van der Waals surface area contributed by atoms with Gasteiger partial charge in [0.1, 0.15) is 24.4 Å². The summed E-state index contributed by atoms with van der Waals surface area (Å²) >= 11 is 0. The highest BCUT2D eigenvalue weighted by Crippen LogP contribution is 2.26. The molecular weight excluding hydrogens is 847 g/mol. The Balaban J connectivity index is 2.74. The van der Waals surface area contributed by atoms with E-state index in [9.17, 15) is 35.1 Å². The Kier molecular flexibility index (Phi) is 42.7. The van der Waals surface area contributed by atoms with E-state index in [0.29, 0.717) is 12.8 Å². The van der Waals surface area contributed by atoms with Gasteiger partial charge in [0.05, 0.1) is 25.4 Å². The molecule has 8 atom stereocenters. The monoisotopic (exact) mass is 952 g/mol. The maximum absolute atomic E-state index is 13.3. The van der Waals surface area contributed by atoms with Crippen LogP contribution in [-0.2, 0) is 23.8 Å². The molecule has 6 N–H and O–H groups in total. The highest BCUT2D eigenvalue weighted by molar-refractivity contribution is 5.80. The number of rotatable bonds is 47. The first-order chi connectivity index (χ1) is 32.7. The van der Waals surface area contributed by atoms with Crippen molar-refractivity contribution in [1.82, 2.24) is 5.32 Å². The van der Waals surface area contributed by atoms with Crippen molar-refractivity contribution in [1.29, 1.82) is 0 Å². The number of aliphatic hydroxyl groups excluding tert-OH is 5. The number of unbranched alkanes of at least 4 members (excludes halogenated alkanes) is 31. The Hall–Kier alpha value is -1.86. The molecule has 0 saturated carbocycles. The summed E-state index contributed by atoms with van der Waals surface area (Å²) in [5.74, 6) is -1.20. The molecule has 0 aromatic heterocycles. The molecule has 1 rings (SSSR count). The quantitative estimate of drug-likeness (QED) is 0.0196. The van der Waals surface area contributed by atoms with Crippen molar-refractivity contribution in [3.05, 3.63) is 24.3 Å². The molecular formula is C56H105NO10. The van der Waals surface area contributed by atoms with E-state index in [4.69, 9.17) is 14.2 Å². The van der Waals surface area contributed by atoms with Crippen LogP contribution in [0.25, 0.3) is 0 Å². The summed E-state index contributed by atoms with van der Waals surface area (Å²) in [6.07, 6.45) is 39.4. The van der Waals surface area contributed by atoms with Crippen molar-refractivity contribution in [3.8, 4) is 0 Å². The Morgan fingerprint density at radius 2 is 0.985 bits per heavy atom. The molecule has 0 radical (unpaired) electrons. The minimum Gasteiger partial charge on any atom is -0.454 e. The van der Waals surface area contributed by atoms with Crippen molar-refractivity contribution in [3.63, 3.8) is 0 Å². The van der Waals surface area contributed by atoms with E-state index in [1.54, 1.807) is 6.08 Å². The first kappa shape index (κ1) is 63.2. The van der Waals surface area contributed by atoms with Gasteiger partial charge < -0.3 is 45.1 Å². The van der Waals surface area contributed by atoms with Gasteiger partial charge in [-0.25, -0.2) is 0 Å². The fourth-order valence-electron chi connectivity index (χ4n) is 8.82. The minimum atomic E-state index is -1.61. The molecule has 1 amide bonds. The van der Waals surface area contributed by atoms with E-state index < -0.39 is 67.4 Å². The van der Waals surface area contributed by atoms with Gasteiger partial charge in [0.25, 0.3) is 0 Å². The van der Waals surface area contributed by atoms with Gasteiger partial charge in [-0.3, -0.25) is 9.59 Å². The van der Waals surface area contributed by atoms with Gasteiger partial charge in [-0.15, -0.1) is 0 Å². The van der Waals surface area contributed by atoms with Gasteiger partial charge in [-0.2, -0.15) is 0 Å². The standard InChI is InChI=1S/C56H105NO10/c1-4-7-10-13-16-19-22-24-25-26-29-32-35-38-41-44-51(61)67-54-53(63)52(62)50(45-58)66-56(54)65-46-47(48(59)42-39-36-33-30-27-21-18-15-12-9-6-3)57-55(64)49(60)43-40-37-34-31-28-23-20-17-14-11-8-5-2/h28,31,39,42,47-50,52-54,56,58-60,62-63H,4-27,29-30,32-38,40-41,43-46H2,1-3H3,(H,57,64)/b31-28-,42-39+. The number of carbonyl (C=O) groups is 2. The fraction of sp³-hybridized carbons (Fsp3) is 0.893. The zero-order chi connectivity index (χ0) is 49.0. The molecule has 11 heteroatoms. The van der Waals surface area contributed by atoms with Crippen LogP contribution >= 0.6 is 0 Å². The first-order valence-corrected chi connectivity index (χ1v) is 28.1. The van der Waals surface area contributed by atoms with Crippen molar-refractivity contribution in [2.24, 2.45) is 0 Å². The van der Waals surface area contributed by atoms with E-state index in [2.05, 4.69) is 38.2 Å². The molecule has 0 aromatic rings. The molecule has 11 nitrogen and oxygen atoms in total. The summed E-state index contributed by atoms with van der Waals surface area (Å²) in [4.78, 5) is 26.4. The van der Waals surface area contributed by atoms with Crippen LogP contribution in [0.3, 0.4) is 0 Å². The van der Waals surface area contributed by atoms with Crippen LogP contribution in [0.1, 0.15) is 258 Å². The third-order valence-corrected chi connectivity index (χ3v) is 13.4. The number of hydrogen-bond acceptors (Lipinski definition) is 10. The van der Waals surface area contributed by atoms with E-state index in [0.717, 1.165) is 57.8 Å². The normalized spacial score (nSPS) is 20.1. The molecule has 1 heterocycles. The number of allylic oxidation sites excluding steroid dienone is 3. The Morgan fingerprint density at radius 3 is 1.45 bits per heavy atom. The predicted molar refractivity (Wildman–Crippen MR) is 274 cm³/mol. The fourth-order valence-corrected chi connectivity index (χ4v) is 8.82. The summed E-state index contributed by atoms with van der Waals surface area (Å²) < 4.78 is 17.5. The van der Waals surface area contributed by atoms with E-state index in [-0.39, 0.29) is 19.4 Å². The van der Waals surface area contributed by atoms with Crippen molar-refractivity contribution < 1.29 is 49.3 Å². The Morgan fingerprint density at radius 1 is 0.567 bits per heavy atom. The lowest BCUT2D eigenvalue weighted by molar-refractivity contribution is -0.305. The topological polar surface area (TPSA) is 175 Å². The van der Waals surface area contributed by atoms with Crippen molar-refractivity contribution in [2.75, 3.05) is 13.2 Å². The third kappa shape index (κ3) is 34.2. The molecule has 1 aliphatic heterocycles. The van der Waals surface area contributed by atoms with E-state index >= 15 is 0 Å². The van der Waals surface area contributed by atoms with Gasteiger partial charge in [0.15, 0.2) is 12.4 Å². The second kappa shape index (κ2) is 45.3. The molecule has 0 spiro atoms. The number of carbonyl (C=O) groups excluding carboxylic acids is 2. The highest BCUT2D eigenvalue weighted by atomic mass is 16.7. The number of ether oxygens (including phenoxy) is 3. The Labute approximate surface area is 410 Å². The molecule has 8 unspecified atom stereocenters. The van der Waals surface area contributed by atoms with Crippen LogP contribution in [0.5, 0.6) is 0 Å². The number of hydrogen-bond donors (Lipinski definition) is 6. The largest absolute Gasteiger partial charge is 0.454 e. The summed E-state index contributed by atoms with van der Waals surface area (Å²) in [6, 6.07) is -1.02. The van der Waals surface area contributed by atoms with Gasteiger partial charge in [0, 0.05) is 6.42 Å². The number of nitrogens with one attached hydrogen (secondary N) is 1. The molecule has 1 saturated heterocycles. The molecule has 1 fully saturated rings. The molecule has 394 valence electrons. The molecule has 1 aliphatic rings. The highest BCUT2D eigenvalue weighted by Gasteiger charge is 2.47. The lowest BCUT2D eigenvalue weighted by Crippen LogP contribution is -2.61. The summed E-state index contributed by atoms with van der Waals surface area (Å²) in [7, 11) is 0. The molecule has 0 aliphatic carbocycles. The zero-order valence-corrected chi connectivity index (χ0v) is 43.3. The summed E-state index contributed by atoms with van der Waals surface area (Å²) in [6.45, 7) is 5.75. The zero-order valence-electron chi connectivity index (χ0n) is 43.3. The van der Waals surface area contributed by atoms with Crippen LogP contribution in [-0.4, -0.2) is 99.6 Å². The van der Waals surface area contributed by atoms with Crippen LogP contribution in [0, 0.1) is 0 Å². The van der Waals surface area contributed by atoms with Crippen LogP contribution < -0.4 is 5.32 Å². The second-order valence-electron chi connectivity index (χ2n) is 19.7.